The van der Waals surface area contributed by atoms with Crippen LogP contribution in [0.4, 0.5) is 5.69 Å². The van der Waals surface area contributed by atoms with Gasteiger partial charge >= 0.3 is 5.97 Å². The zero-order chi connectivity index (χ0) is 17.7. The first-order chi connectivity index (χ1) is 11.3. The average molecular weight is 326 g/mol. The maximum absolute atomic E-state index is 12.3. The maximum atomic E-state index is 12.3. The number of aromatic nitrogens is 1. The van der Waals surface area contributed by atoms with Crippen LogP contribution in [0.25, 0.3) is 11.3 Å². The van der Waals surface area contributed by atoms with Crippen LogP contribution in [0.2, 0.25) is 0 Å². The van der Waals surface area contributed by atoms with E-state index in [-0.39, 0.29) is 12.5 Å². The Bertz CT molecular complexity index is 748. The lowest BCUT2D eigenvalue weighted by Crippen LogP contribution is -2.27. The summed E-state index contributed by atoms with van der Waals surface area (Å²) in [6.07, 6.45) is 1.61. The fraction of sp³-hybridized carbons (Fsp3) is 0.316. The summed E-state index contributed by atoms with van der Waals surface area (Å²) in [5, 5.41) is 2.92. The van der Waals surface area contributed by atoms with Crippen molar-refractivity contribution in [3.8, 4) is 11.3 Å². The Kier molecular flexibility index (Phi) is 5.34. The lowest BCUT2D eigenvalue weighted by atomic mass is 9.95. The van der Waals surface area contributed by atoms with E-state index in [1.165, 1.54) is 0 Å². The van der Waals surface area contributed by atoms with Crippen molar-refractivity contribution >= 4 is 17.6 Å². The van der Waals surface area contributed by atoms with Crippen molar-refractivity contribution in [2.24, 2.45) is 5.41 Å². The molecule has 2 rings (SSSR count). The number of ether oxygens (including phenoxy) is 1. The molecule has 0 saturated heterocycles. The number of rotatable bonds is 4. The molecule has 2 aromatic rings. The lowest BCUT2D eigenvalue weighted by Gasteiger charge is -2.19. The highest BCUT2D eigenvalue weighted by Gasteiger charge is 2.23. The molecule has 5 heteroatoms. The molecular formula is C19H22N2O3. The van der Waals surface area contributed by atoms with Crippen LogP contribution < -0.4 is 5.32 Å². The first-order valence-corrected chi connectivity index (χ1v) is 7.87. The van der Waals surface area contributed by atoms with Gasteiger partial charge in [-0.15, -0.1) is 0 Å². The molecule has 0 fully saturated rings. The van der Waals surface area contributed by atoms with Gasteiger partial charge in [0.05, 0.1) is 23.6 Å². The zero-order valence-corrected chi connectivity index (χ0v) is 14.4. The number of carbonyl (C=O) groups excluding carboxylic acids is 2. The number of hydrogen-bond acceptors (Lipinski definition) is 4. The third kappa shape index (κ3) is 3.98. The van der Waals surface area contributed by atoms with Crippen molar-refractivity contribution in [2.75, 3.05) is 11.9 Å². The summed E-state index contributed by atoms with van der Waals surface area (Å²) in [5.74, 6) is -0.541. The van der Waals surface area contributed by atoms with E-state index in [0.717, 1.165) is 0 Å². The Balaban J connectivity index is 2.48. The Morgan fingerprint density at radius 2 is 1.83 bits per heavy atom. The predicted octanol–water partition coefficient (Wildman–Crippen LogP) is 3.91. The van der Waals surface area contributed by atoms with Crippen molar-refractivity contribution in [2.45, 2.75) is 27.7 Å². The number of pyridine rings is 1. The summed E-state index contributed by atoms with van der Waals surface area (Å²) in [6, 6.07) is 10.6. The Hall–Kier alpha value is -2.69. The van der Waals surface area contributed by atoms with E-state index in [1.54, 1.807) is 31.3 Å². The lowest BCUT2D eigenvalue weighted by molar-refractivity contribution is -0.123. The van der Waals surface area contributed by atoms with Gasteiger partial charge in [0.1, 0.15) is 0 Å². The van der Waals surface area contributed by atoms with Gasteiger partial charge in [0.25, 0.3) is 0 Å². The molecule has 1 N–H and O–H groups in total. The number of hydrogen-bond donors (Lipinski definition) is 1. The van der Waals surface area contributed by atoms with Crippen molar-refractivity contribution in [3.63, 3.8) is 0 Å². The van der Waals surface area contributed by atoms with Gasteiger partial charge in [-0.1, -0.05) is 39.0 Å². The van der Waals surface area contributed by atoms with Crippen molar-refractivity contribution in [3.05, 3.63) is 48.2 Å². The molecule has 0 bridgehead atoms. The normalized spacial score (nSPS) is 11.0. The van der Waals surface area contributed by atoms with Crippen molar-refractivity contribution < 1.29 is 14.3 Å². The predicted molar refractivity (Wildman–Crippen MR) is 93.7 cm³/mol. The van der Waals surface area contributed by atoms with Gasteiger partial charge in [-0.2, -0.15) is 0 Å². The summed E-state index contributed by atoms with van der Waals surface area (Å²) in [4.78, 5) is 28.8. The van der Waals surface area contributed by atoms with Crippen LogP contribution >= 0.6 is 0 Å². The second kappa shape index (κ2) is 7.25. The van der Waals surface area contributed by atoms with Crippen LogP contribution in [0, 0.1) is 5.41 Å². The number of nitrogens with one attached hydrogen (secondary N) is 1. The summed E-state index contributed by atoms with van der Waals surface area (Å²) >= 11 is 0. The molecule has 0 radical (unpaired) electrons. The van der Waals surface area contributed by atoms with E-state index in [1.807, 2.05) is 39.0 Å². The summed E-state index contributed by atoms with van der Waals surface area (Å²) in [6.45, 7) is 7.57. The molecule has 126 valence electrons. The number of nitrogens with zero attached hydrogens (tertiary/aromatic N) is 1. The number of anilines is 1. The number of carbonyl (C=O) groups is 2. The minimum Gasteiger partial charge on any atom is -0.462 e. The molecule has 0 aliphatic carbocycles. The Morgan fingerprint density at radius 3 is 2.50 bits per heavy atom. The molecule has 0 aliphatic heterocycles. The smallest absolute Gasteiger partial charge is 0.340 e. The zero-order valence-electron chi connectivity index (χ0n) is 14.4. The molecule has 24 heavy (non-hydrogen) atoms. The fourth-order valence-electron chi connectivity index (χ4n) is 2.10. The minimum absolute atomic E-state index is 0.108. The van der Waals surface area contributed by atoms with Crippen molar-refractivity contribution in [1.29, 1.82) is 0 Å². The van der Waals surface area contributed by atoms with Gasteiger partial charge in [-0.05, 0) is 25.1 Å². The molecule has 1 aromatic carbocycles. The third-order valence-electron chi connectivity index (χ3n) is 3.41. The quantitative estimate of drug-likeness (QED) is 0.865. The van der Waals surface area contributed by atoms with Gasteiger partial charge in [0, 0.05) is 17.2 Å². The van der Waals surface area contributed by atoms with E-state index in [9.17, 15) is 9.59 Å². The molecule has 1 heterocycles. The highest BCUT2D eigenvalue weighted by molar-refractivity contribution is 6.01. The SMILES string of the molecule is CCOC(=O)c1cccnc1-c1ccccc1NC(=O)C(C)(C)C. The van der Waals surface area contributed by atoms with Crippen LogP contribution in [-0.4, -0.2) is 23.5 Å². The van der Waals surface area contributed by atoms with E-state index in [0.29, 0.717) is 22.5 Å². The standard InChI is InChI=1S/C19H22N2O3/c1-5-24-17(22)14-10-8-12-20-16(14)13-9-6-7-11-15(13)21-18(23)19(2,3)4/h6-12H,5H2,1-4H3,(H,21,23). The molecule has 5 nitrogen and oxygen atoms in total. The van der Waals surface area contributed by atoms with E-state index in [2.05, 4.69) is 10.3 Å². The first kappa shape index (κ1) is 17.7. The first-order valence-electron chi connectivity index (χ1n) is 7.87. The molecule has 0 aliphatic rings. The monoisotopic (exact) mass is 326 g/mol. The van der Waals surface area contributed by atoms with Crippen LogP contribution in [0.1, 0.15) is 38.1 Å². The van der Waals surface area contributed by atoms with Crippen LogP contribution in [0.15, 0.2) is 42.6 Å². The van der Waals surface area contributed by atoms with E-state index >= 15 is 0 Å². The summed E-state index contributed by atoms with van der Waals surface area (Å²) in [5.41, 5.74) is 1.62. The summed E-state index contributed by atoms with van der Waals surface area (Å²) < 4.78 is 5.10. The number of benzene rings is 1. The number of amides is 1. The van der Waals surface area contributed by atoms with Gasteiger partial charge < -0.3 is 10.1 Å². The van der Waals surface area contributed by atoms with E-state index < -0.39 is 11.4 Å². The average Bonchev–Trinajstić information content (AvgIpc) is 2.55. The van der Waals surface area contributed by atoms with E-state index in [4.69, 9.17) is 4.74 Å². The molecule has 1 amide bonds. The van der Waals surface area contributed by atoms with Crippen molar-refractivity contribution in [1.82, 2.24) is 4.98 Å². The fourth-order valence-corrected chi connectivity index (χ4v) is 2.10. The minimum atomic E-state index is -0.527. The Labute approximate surface area is 142 Å². The highest BCUT2D eigenvalue weighted by atomic mass is 16.5. The van der Waals surface area contributed by atoms with Gasteiger partial charge in [0.15, 0.2) is 0 Å². The number of para-hydroxylation sites is 1. The molecular weight excluding hydrogens is 304 g/mol. The largest absolute Gasteiger partial charge is 0.462 e. The third-order valence-corrected chi connectivity index (χ3v) is 3.41. The highest BCUT2D eigenvalue weighted by Crippen LogP contribution is 2.30. The summed E-state index contributed by atoms with van der Waals surface area (Å²) in [7, 11) is 0. The van der Waals surface area contributed by atoms with Gasteiger partial charge in [-0.25, -0.2) is 4.79 Å². The maximum Gasteiger partial charge on any atom is 0.340 e. The van der Waals surface area contributed by atoms with Crippen LogP contribution in [0.5, 0.6) is 0 Å². The van der Waals surface area contributed by atoms with Gasteiger partial charge in [0.2, 0.25) is 5.91 Å². The molecule has 0 saturated carbocycles. The second-order valence-electron chi connectivity index (χ2n) is 6.37. The molecule has 1 aromatic heterocycles. The Morgan fingerprint density at radius 1 is 1.12 bits per heavy atom. The van der Waals surface area contributed by atoms with Crippen LogP contribution in [-0.2, 0) is 9.53 Å². The second-order valence-corrected chi connectivity index (χ2v) is 6.37. The number of esters is 1. The molecule has 0 atom stereocenters. The van der Waals surface area contributed by atoms with Crippen LogP contribution in [0.3, 0.4) is 0 Å². The molecule has 0 spiro atoms. The van der Waals surface area contributed by atoms with Gasteiger partial charge in [-0.3, -0.25) is 9.78 Å². The molecule has 0 unspecified atom stereocenters. The topological polar surface area (TPSA) is 68.3 Å².